The van der Waals surface area contributed by atoms with Crippen molar-refractivity contribution in [3.05, 3.63) is 41.7 Å². The van der Waals surface area contributed by atoms with Crippen LogP contribution in [0.2, 0.25) is 0 Å². The summed E-state index contributed by atoms with van der Waals surface area (Å²) in [6.45, 7) is 6.25. The summed E-state index contributed by atoms with van der Waals surface area (Å²) >= 11 is 1.28. The van der Waals surface area contributed by atoms with Crippen molar-refractivity contribution in [2.45, 2.75) is 32.3 Å². The number of carbonyl (C=O) groups is 2. The topological polar surface area (TPSA) is 84.4 Å². The first-order chi connectivity index (χ1) is 13.4. The number of aryl methyl sites for hydroxylation is 2. The predicted molar refractivity (Wildman–Crippen MR) is 111 cm³/mol. The van der Waals surface area contributed by atoms with E-state index in [2.05, 4.69) is 15.3 Å². The number of anilines is 1. The van der Waals surface area contributed by atoms with Crippen LogP contribution in [-0.2, 0) is 9.59 Å². The molecule has 1 N–H and O–H groups in total. The minimum Gasteiger partial charge on any atom is -0.495 e. The Kier molecular flexibility index (Phi) is 8.25. The molecule has 150 valence electrons. The molecule has 1 aromatic heterocycles. The average molecular weight is 403 g/mol. The van der Waals surface area contributed by atoms with Gasteiger partial charge in [0.1, 0.15) is 5.75 Å². The molecule has 8 heteroatoms. The first-order valence-electron chi connectivity index (χ1n) is 9.08. The molecular weight excluding hydrogens is 376 g/mol. The minimum absolute atomic E-state index is 0.0149. The van der Waals surface area contributed by atoms with Crippen LogP contribution >= 0.6 is 11.8 Å². The third-order valence-corrected chi connectivity index (χ3v) is 4.68. The van der Waals surface area contributed by atoms with Crippen LogP contribution in [0.15, 0.2) is 35.5 Å². The number of rotatable bonds is 9. The summed E-state index contributed by atoms with van der Waals surface area (Å²) in [5.74, 6) is 0.376. The molecule has 0 fully saturated rings. The minimum atomic E-state index is -0.265. The van der Waals surface area contributed by atoms with E-state index in [4.69, 9.17) is 4.74 Å². The van der Waals surface area contributed by atoms with E-state index in [0.29, 0.717) is 23.1 Å². The van der Waals surface area contributed by atoms with Gasteiger partial charge >= 0.3 is 0 Å². The van der Waals surface area contributed by atoms with Crippen LogP contribution in [0.4, 0.5) is 5.69 Å². The van der Waals surface area contributed by atoms with Crippen LogP contribution in [0.25, 0.3) is 0 Å². The molecule has 0 aliphatic carbocycles. The van der Waals surface area contributed by atoms with E-state index in [0.717, 1.165) is 17.8 Å². The Morgan fingerprint density at radius 1 is 1.18 bits per heavy atom. The molecule has 0 spiro atoms. The van der Waals surface area contributed by atoms with Crippen LogP contribution in [0.1, 0.15) is 24.7 Å². The lowest BCUT2D eigenvalue weighted by Gasteiger charge is -2.21. The second kappa shape index (κ2) is 10.7. The zero-order chi connectivity index (χ0) is 20.5. The number of nitrogens with one attached hydrogen (secondary N) is 1. The number of carbonyl (C=O) groups excluding carboxylic acids is 2. The fourth-order valence-electron chi connectivity index (χ4n) is 2.65. The maximum atomic E-state index is 12.6. The van der Waals surface area contributed by atoms with Crippen LogP contribution in [0.5, 0.6) is 5.75 Å². The van der Waals surface area contributed by atoms with Crippen molar-refractivity contribution in [2.75, 3.05) is 31.3 Å². The molecule has 0 aliphatic rings. The normalized spacial score (nSPS) is 10.4. The molecular formula is C20H26N4O3S. The maximum absolute atomic E-state index is 12.6. The summed E-state index contributed by atoms with van der Waals surface area (Å²) in [6.07, 6.45) is 0.762. The van der Waals surface area contributed by atoms with Gasteiger partial charge in [0.2, 0.25) is 11.8 Å². The monoisotopic (exact) mass is 402 g/mol. The highest BCUT2D eigenvalue weighted by atomic mass is 32.2. The van der Waals surface area contributed by atoms with Crippen LogP contribution < -0.4 is 10.1 Å². The summed E-state index contributed by atoms with van der Waals surface area (Å²) < 4.78 is 5.24. The van der Waals surface area contributed by atoms with Gasteiger partial charge in [-0.1, -0.05) is 30.8 Å². The number of hydrogen-bond donors (Lipinski definition) is 1. The quantitative estimate of drug-likeness (QED) is 0.513. The van der Waals surface area contributed by atoms with Gasteiger partial charge in [-0.05, 0) is 38.5 Å². The van der Waals surface area contributed by atoms with Crippen LogP contribution in [0, 0.1) is 13.8 Å². The van der Waals surface area contributed by atoms with Crippen molar-refractivity contribution in [1.82, 2.24) is 14.9 Å². The van der Waals surface area contributed by atoms with E-state index < -0.39 is 0 Å². The van der Waals surface area contributed by atoms with Gasteiger partial charge in [0, 0.05) is 17.9 Å². The summed E-state index contributed by atoms with van der Waals surface area (Å²) in [6, 6.07) is 9.06. The number of nitrogens with zero attached hydrogens (tertiary/aromatic N) is 3. The first-order valence-corrected chi connectivity index (χ1v) is 10.1. The fraction of sp³-hybridized carbons (Fsp3) is 0.400. The molecule has 0 saturated carbocycles. The van der Waals surface area contributed by atoms with Gasteiger partial charge in [-0.3, -0.25) is 9.59 Å². The molecule has 0 aliphatic heterocycles. The van der Waals surface area contributed by atoms with Crippen LogP contribution in [0.3, 0.4) is 0 Å². The number of methoxy groups -OCH3 is 1. The Morgan fingerprint density at radius 3 is 2.50 bits per heavy atom. The maximum Gasteiger partial charge on any atom is 0.244 e. The van der Waals surface area contributed by atoms with Crippen molar-refractivity contribution in [3.8, 4) is 5.75 Å². The van der Waals surface area contributed by atoms with E-state index in [1.807, 2.05) is 39.0 Å². The summed E-state index contributed by atoms with van der Waals surface area (Å²) in [4.78, 5) is 35.3. The van der Waals surface area contributed by atoms with Crippen molar-refractivity contribution in [1.29, 1.82) is 0 Å². The largest absolute Gasteiger partial charge is 0.495 e. The lowest BCUT2D eigenvalue weighted by atomic mass is 10.3. The van der Waals surface area contributed by atoms with Crippen molar-refractivity contribution in [2.24, 2.45) is 0 Å². The third kappa shape index (κ3) is 6.53. The highest BCUT2D eigenvalue weighted by Crippen LogP contribution is 2.23. The number of benzene rings is 1. The molecule has 2 rings (SSSR count). The van der Waals surface area contributed by atoms with E-state index in [1.54, 1.807) is 24.1 Å². The SMILES string of the molecule is CCCN(CC(=O)Nc1ccccc1OC)C(=O)CSc1nc(C)cc(C)n1. The molecule has 0 bridgehead atoms. The fourth-order valence-corrected chi connectivity index (χ4v) is 3.50. The molecule has 2 amide bonds. The highest BCUT2D eigenvalue weighted by molar-refractivity contribution is 7.99. The van der Waals surface area contributed by atoms with Crippen LogP contribution in [-0.4, -0.2) is 52.6 Å². The van der Waals surface area contributed by atoms with Gasteiger partial charge in [-0.15, -0.1) is 0 Å². The zero-order valence-electron chi connectivity index (χ0n) is 16.7. The van der Waals surface area contributed by atoms with Crippen molar-refractivity contribution >= 4 is 29.3 Å². The second-order valence-corrected chi connectivity index (χ2v) is 7.23. The highest BCUT2D eigenvalue weighted by Gasteiger charge is 2.18. The number of aromatic nitrogens is 2. The van der Waals surface area contributed by atoms with Gasteiger partial charge in [0.05, 0.1) is 25.1 Å². The van der Waals surface area contributed by atoms with Gasteiger partial charge in [-0.25, -0.2) is 9.97 Å². The predicted octanol–water partition coefficient (Wildman–Crippen LogP) is 3.07. The molecule has 0 atom stereocenters. The molecule has 0 radical (unpaired) electrons. The smallest absolute Gasteiger partial charge is 0.244 e. The Hall–Kier alpha value is -2.61. The standard InChI is InChI=1S/C20H26N4O3S/c1-5-10-24(12-18(25)23-16-8-6-7-9-17(16)27-4)19(26)13-28-20-21-14(2)11-15(3)22-20/h6-9,11H,5,10,12-13H2,1-4H3,(H,23,25). The number of thioether (sulfide) groups is 1. The number of ether oxygens (including phenoxy) is 1. The van der Waals surface area contributed by atoms with Crippen molar-refractivity contribution < 1.29 is 14.3 Å². The lowest BCUT2D eigenvalue weighted by Crippen LogP contribution is -2.39. The van der Waals surface area contributed by atoms with E-state index >= 15 is 0 Å². The first kappa shape index (κ1) is 21.7. The van der Waals surface area contributed by atoms with Crippen molar-refractivity contribution in [3.63, 3.8) is 0 Å². The molecule has 0 unspecified atom stereocenters. The molecule has 0 saturated heterocycles. The Bertz CT molecular complexity index is 809. The molecule has 7 nitrogen and oxygen atoms in total. The van der Waals surface area contributed by atoms with Gasteiger partial charge in [0.15, 0.2) is 5.16 Å². The molecule has 2 aromatic rings. The zero-order valence-corrected chi connectivity index (χ0v) is 17.5. The lowest BCUT2D eigenvalue weighted by molar-refractivity contribution is -0.132. The van der Waals surface area contributed by atoms with E-state index in [1.165, 1.54) is 11.8 Å². The molecule has 1 heterocycles. The third-order valence-electron chi connectivity index (χ3n) is 3.85. The molecule has 28 heavy (non-hydrogen) atoms. The van der Waals surface area contributed by atoms with Gasteiger partial charge in [-0.2, -0.15) is 0 Å². The van der Waals surface area contributed by atoms with Gasteiger partial charge < -0.3 is 15.0 Å². The Morgan fingerprint density at radius 2 is 1.86 bits per heavy atom. The summed E-state index contributed by atoms with van der Waals surface area (Å²) in [5.41, 5.74) is 2.31. The molecule has 1 aromatic carbocycles. The Labute approximate surface area is 169 Å². The summed E-state index contributed by atoms with van der Waals surface area (Å²) in [5, 5.41) is 3.37. The number of amides is 2. The Balaban J connectivity index is 1.97. The van der Waals surface area contributed by atoms with E-state index in [9.17, 15) is 9.59 Å². The summed E-state index contributed by atoms with van der Waals surface area (Å²) in [7, 11) is 1.55. The number of hydrogen-bond acceptors (Lipinski definition) is 6. The van der Waals surface area contributed by atoms with E-state index in [-0.39, 0.29) is 24.1 Å². The average Bonchev–Trinajstić information content (AvgIpc) is 2.65. The second-order valence-electron chi connectivity index (χ2n) is 6.29. The number of para-hydroxylation sites is 2. The van der Waals surface area contributed by atoms with Gasteiger partial charge in [0.25, 0.3) is 0 Å².